The highest BCUT2D eigenvalue weighted by Crippen LogP contribution is 2.27. The molecule has 1 aliphatic heterocycles. The van der Waals surface area contributed by atoms with E-state index >= 15 is 0 Å². The van der Waals surface area contributed by atoms with Gasteiger partial charge in [-0.3, -0.25) is 15.5 Å². The minimum absolute atomic E-state index is 0.0540. The molecule has 2 rings (SSSR count). The highest BCUT2D eigenvalue weighted by molar-refractivity contribution is 6.00. The van der Waals surface area contributed by atoms with Gasteiger partial charge < -0.3 is 4.74 Å². The maximum Gasteiger partial charge on any atom is 0.170 e. The van der Waals surface area contributed by atoms with Crippen molar-refractivity contribution in [1.82, 2.24) is 0 Å². The van der Waals surface area contributed by atoms with Gasteiger partial charge in [0.05, 0.1) is 17.9 Å². The first-order valence-electron chi connectivity index (χ1n) is 4.01. The molecule has 1 aromatic carbocycles. The van der Waals surface area contributed by atoms with E-state index in [4.69, 9.17) is 9.94 Å². The maximum absolute atomic E-state index is 11.4. The van der Waals surface area contributed by atoms with Crippen LogP contribution in [0, 0.1) is 0 Å². The zero-order valence-corrected chi connectivity index (χ0v) is 6.91. The molecule has 0 atom stereocenters. The molecule has 0 spiro atoms. The van der Waals surface area contributed by atoms with E-state index in [1.807, 2.05) is 5.48 Å². The van der Waals surface area contributed by atoms with E-state index in [0.29, 0.717) is 30.0 Å². The molecule has 0 bridgehead atoms. The summed E-state index contributed by atoms with van der Waals surface area (Å²) in [5, 5.41) is 8.62. The molecular formula is C9H9NO3. The Kier molecular flexibility index (Phi) is 1.90. The van der Waals surface area contributed by atoms with Crippen molar-refractivity contribution in [3.63, 3.8) is 0 Å². The molecule has 68 valence electrons. The van der Waals surface area contributed by atoms with Crippen LogP contribution in [0.4, 0.5) is 5.69 Å². The molecule has 4 heteroatoms. The number of benzene rings is 1. The lowest BCUT2D eigenvalue weighted by Crippen LogP contribution is -2.15. The number of ketones is 1. The summed E-state index contributed by atoms with van der Waals surface area (Å²) in [5.74, 6) is 0.647. The molecule has 13 heavy (non-hydrogen) atoms. The van der Waals surface area contributed by atoms with Crippen molar-refractivity contribution < 1.29 is 14.7 Å². The Morgan fingerprint density at radius 1 is 1.46 bits per heavy atom. The van der Waals surface area contributed by atoms with Crippen molar-refractivity contribution in [2.75, 3.05) is 12.1 Å². The molecule has 0 aliphatic carbocycles. The topological polar surface area (TPSA) is 58.6 Å². The van der Waals surface area contributed by atoms with Crippen molar-refractivity contribution in [1.29, 1.82) is 0 Å². The molecular weight excluding hydrogens is 170 g/mol. The molecule has 0 unspecified atom stereocenters. The monoisotopic (exact) mass is 179 g/mol. The number of fused-ring (bicyclic) bond motifs is 1. The van der Waals surface area contributed by atoms with Gasteiger partial charge in [0.15, 0.2) is 5.78 Å². The highest BCUT2D eigenvalue weighted by atomic mass is 16.5. The number of Topliss-reactive ketones (excluding diaryl/α,β-unsaturated/α-hetero) is 1. The second-order valence-electron chi connectivity index (χ2n) is 2.84. The Balaban J connectivity index is 2.47. The van der Waals surface area contributed by atoms with E-state index in [1.54, 1.807) is 18.2 Å². The summed E-state index contributed by atoms with van der Waals surface area (Å²) in [6.07, 6.45) is 0.405. The molecule has 0 radical (unpaired) electrons. The molecule has 0 saturated heterocycles. The van der Waals surface area contributed by atoms with Gasteiger partial charge in [-0.1, -0.05) is 0 Å². The smallest absolute Gasteiger partial charge is 0.170 e. The Morgan fingerprint density at radius 3 is 3.08 bits per heavy atom. The molecule has 1 aliphatic rings. The third kappa shape index (κ3) is 1.36. The van der Waals surface area contributed by atoms with Gasteiger partial charge in [-0.25, -0.2) is 0 Å². The Hall–Kier alpha value is -1.55. The largest absolute Gasteiger partial charge is 0.492 e. The number of carbonyl (C=O) groups excluding carboxylic acids is 1. The molecule has 1 aromatic rings. The summed E-state index contributed by atoms with van der Waals surface area (Å²) in [7, 11) is 0. The van der Waals surface area contributed by atoms with Crippen molar-refractivity contribution >= 4 is 11.5 Å². The quantitative estimate of drug-likeness (QED) is 0.640. The van der Waals surface area contributed by atoms with Crippen LogP contribution in [-0.2, 0) is 0 Å². The molecule has 2 N–H and O–H groups in total. The van der Waals surface area contributed by atoms with Gasteiger partial charge in [-0.2, -0.15) is 0 Å². The average Bonchev–Trinajstić information content (AvgIpc) is 2.18. The fourth-order valence-corrected chi connectivity index (χ4v) is 1.33. The highest BCUT2D eigenvalue weighted by Gasteiger charge is 2.18. The number of hydrogen-bond acceptors (Lipinski definition) is 4. The minimum Gasteiger partial charge on any atom is -0.492 e. The SMILES string of the molecule is O=C1CCOc2ccc(NO)cc21. The van der Waals surface area contributed by atoms with Crippen molar-refractivity contribution in [2.45, 2.75) is 6.42 Å². The first-order valence-corrected chi connectivity index (χ1v) is 4.01. The maximum atomic E-state index is 11.4. The number of anilines is 1. The van der Waals surface area contributed by atoms with Gasteiger partial charge in [0.1, 0.15) is 5.75 Å². The van der Waals surface area contributed by atoms with Crippen LogP contribution in [0.2, 0.25) is 0 Å². The number of ether oxygens (including phenoxy) is 1. The Bertz CT molecular complexity index is 349. The van der Waals surface area contributed by atoms with Crippen molar-refractivity contribution in [2.24, 2.45) is 0 Å². The van der Waals surface area contributed by atoms with Gasteiger partial charge in [0.2, 0.25) is 0 Å². The van der Waals surface area contributed by atoms with E-state index < -0.39 is 0 Å². The summed E-state index contributed by atoms with van der Waals surface area (Å²) in [4.78, 5) is 11.4. The number of hydrogen-bond donors (Lipinski definition) is 2. The van der Waals surface area contributed by atoms with Crippen LogP contribution in [0.5, 0.6) is 5.75 Å². The summed E-state index contributed by atoms with van der Waals surface area (Å²) in [6.45, 7) is 0.442. The van der Waals surface area contributed by atoms with Crippen LogP contribution in [0.15, 0.2) is 18.2 Å². The van der Waals surface area contributed by atoms with Gasteiger partial charge in [0.25, 0.3) is 0 Å². The molecule has 0 aromatic heterocycles. The first kappa shape index (κ1) is 8.07. The number of nitrogens with one attached hydrogen (secondary N) is 1. The van der Waals surface area contributed by atoms with Crippen LogP contribution < -0.4 is 10.2 Å². The molecule has 1 heterocycles. The Morgan fingerprint density at radius 2 is 2.31 bits per heavy atom. The van der Waals surface area contributed by atoms with E-state index in [1.165, 1.54) is 0 Å². The predicted octanol–water partition coefficient (Wildman–Crippen LogP) is 1.45. The van der Waals surface area contributed by atoms with Crippen LogP contribution in [-0.4, -0.2) is 17.6 Å². The summed E-state index contributed by atoms with van der Waals surface area (Å²) in [6, 6.07) is 4.90. The molecule has 4 nitrogen and oxygen atoms in total. The zero-order valence-electron chi connectivity index (χ0n) is 6.91. The third-order valence-electron chi connectivity index (χ3n) is 2.00. The fourth-order valence-electron chi connectivity index (χ4n) is 1.33. The van der Waals surface area contributed by atoms with Gasteiger partial charge >= 0.3 is 0 Å². The summed E-state index contributed by atoms with van der Waals surface area (Å²) >= 11 is 0. The van der Waals surface area contributed by atoms with E-state index in [0.717, 1.165) is 0 Å². The molecule has 0 saturated carbocycles. The number of rotatable bonds is 1. The van der Waals surface area contributed by atoms with Gasteiger partial charge in [0, 0.05) is 6.42 Å². The standard InChI is InChI=1S/C9H9NO3/c11-8-3-4-13-9-2-1-6(10-12)5-7(8)9/h1-2,5,10,12H,3-4H2. The van der Waals surface area contributed by atoms with Crippen LogP contribution >= 0.6 is 0 Å². The van der Waals surface area contributed by atoms with E-state index in [2.05, 4.69) is 0 Å². The van der Waals surface area contributed by atoms with Gasteiger partial charge in [-0.15, -0.1) is 0 Å². The number of carbonyl (C=O) groups is 1. The van der Waals surface area contributed by atoms with Crippen molar-refractivity contribution in [3.8, 4) is 5.75 Å². The zero-order chi connectivity index (χ0) is 9.26. The minimum atomic E-state index is 0.0540. The fraction of sp³-hybridized carbons (Fsp3) is 0.222. The normalized spacial score (nSPS) is 14.7. The summed E-state index contributed by atoms with van der Waals surface area (Å²) < 4.78 is 5.26. The van der Waals surface area contributed by atoms with Crippen LogP contribution in [0.3, 0.4) is 0 Å². The second kappa shape index (κ2) is 3.06. The van der Waals surface area contributed by atoms with E-state index in [-0.39, 0.29) is 5.78 Å². The lowest BCUT2D eigenvalue weighted by molar-refractivity contribution is 0.0933. The van der Waals surface area contributed by atoms with Crippen LogP contribution in [0.25, 0.3) is 0 Å². The van der Waals surface area contributed by atoms with E-state index in [9.17, 15) is 4.79 Å². The molecule has 0 fully saturated rings. The first-order chi connectivity index (χ1) is 6.31. The predicted molar refractivity (Wildman–Crippen MR) is 46.3 cm³/mol. The second-order valence-corrected chi connectivity index (χ2v) is 2.84. The molecule has 0 amide bonds. The average molecular weight is 179 g/mol. The van der Waals surface area contributed by atoms with Crippen LogP contribution in [0.1, 0.15) is 16.8 Å². The van der Waals surface area contributed by atoms with Crippen molar-refractivity contribution in [3.05, 3.63) is 23.8 Å². The lowest BCUT2D eigenvalue weighted by Gasteiger charge is -2.16. The summed E-state index contributed by atoms with van der Waals surface area (Å²) in [5.41, 5.74) is 3.02. The third-order valence-corrected chi connectivity index (χ3v) is 2.00. The van der Waals surface area contributed by atoms with Gasteiger partial charge in [-0.05, 0) is 18.2 Å². The Labute approximate surface area is 75.1 Å². The lowest BCUT2D eigenvalue weighted by atomic mass is 10.0.